The van der Waals surface area contributed by atoms with Crippen LogP contribution in [0.5, 0.6) is 0 Å². The molecule has 0 aliphatic carbocycles. The Morgan fingerprint density at radius 2 is 1.96 bits per heavy atom. The fourth-order valence-corrected chi connectivity index (χ4v) is 3.29. The molecule has 1 amide bonds. The number of rotatable bonds is 3. The Hall–Kier alpha value is -2.79. The number of carbonyl (C=O) groups excluding carboxylic acids is 1. The van der Waals surface area contributed by atoms with Crippen molar-refractivity contribution >= 4 is 23.2 Å². The van der Waals surface area contributed by atoms with Gasteiger partial charge in [0.15, 0.2) is 0 Å². The van der Waals surface area contributed by atoms with Crippen LogP contribution in [0.15, 0.2) is 65.3 Å². The zero-order chi connectivity index (χ0) is 17.4. The summed E-state index contributed by atoms with van der Waals surface area (Å²) in [6.07, 6.45) is 0.803. The summed E-state index contributed by atoms with van der Waals surface area (Å²) in [5.41, 5.74) is 1.41. The lowest BCUT2D eigenvalue weighted by atomic mass is 10.0. The Balaban J connectivity index is 1.83. The van der Waals surface area contributed by atoms with Crippen molar-refractivity contribution in [1.82, 2.24) is 4.90 Å². The van der Waals surface area contributed by atoms with E-state index < -0.39 is 12.0 Å². The van der Waals surface area contributed by atoms with Crippen LogP contribution in [-0.4, -0.2) is 10.8 Å². The molecule has 1 aliphatic rings. The molecule has 0 saturated heterocycles. The number of nitrogens with one attached hydrogen (secondary N) is 1. The molecule has 4 nitrogen and oxygen atoms in total. The summed E-state index contributed by atoms with van der Waals surface area (Å²) in [6, 6.07) is 15.1. The maximum atomic E-state index is 14.5. The fourth-order valence-electron chi connectivity index (χ4n) is 3.03. The van der Waals surface area contributed by atoms with Crippen molar-refractivity contribution in [2.45, 2.75) is 12.7 Å². The van der Waals surface area contributed by atoms with E-state index in [2.05, 4.69) is 5.32 Å². The minimum Gasteiger partial charge on any atom is -0.467 e. The second kappa shape index (κ2) is 6.26. The molecule has 2 aromatic carbocycles. The van der Waals surface area contributed by atoms with Gasteiger partial charge in [0, 0.05) is 11.3 Å². The van der Waals surface area contributed by atoms with Gasteiger partial charge in [0.05, 0.1) is 23.4 Å². The number of fused-ring (bicyclic) bond motifs is 1. The molecule has 0 spiro atoms. The van der Waals surface area contributed by atoms with Gasteiger partial charge in [-0.15, -0.1) is 0 Å². The van der Waals surface area contributed by atoms with Crippen molar-refractivity contribution in [1.29, 1.82) is 0 Å². The van der Waals surface area contributed by atoms with Gasteiger partial charge in [-0.05, 0) is 36.4 Å². The van der Waals surface area contributed by atoms with E-state index in [0.29, 0.717) is 17.0 Å². The van der Waals surface area contributed by atoms with Crippen LogP contribution in [0.4, 0.5) is 10.1 Å². The average Bonchev–Trinajstić information content (AvgIpc) is 3.11. The summed E-state index contributed by atoms with van der Waals surface area (Å²) in [5.74, 6) is -0.0799. The van der Waals surface area contributed by atoms with Gasteiger partial charge in [-0.25, -0.2) is 4.39 Å². The molecule has 0 bridgehead atoms. The number of carbonyl (C=O) groups is 1. The number of furan rings is 1. The molecule has 0 fully saturated rings. The van der Waals surface area contributed by atoms with E-state index in [9.17, 15) is 9.18 Å². The molecular formula is C19H14ClFN2O2. The Morgan fingerprint density at radius 1 is 1.12 bits per heavy atom. The van der Waals surface area contributed by atoms with E-state index in [1.807, 2.05) is 6.07 Å². The largest absolute Gasteiger partial charge is 0.467 e. The number of para-hydroxylation sites is 1. The predicted octanol–water partition coefficient (Wildman–Crippen LogP) is 4.84. The smallest absolute Gasteiger partial charge is 0.258 e. The maximum absolute atomic E-state index is 14.5. The molecule has 6 heteroatoms. The van der Waals surface area contributed by atoms with Gasteiger partial charge >= 0.3 is 0 Å². The van der Waals surface area contributed by atoms with Crippen molar-refractivity contribution in [2.75, 3.05) is 5.32 Å². The molecule has 0 unspecified atom stereocenters. The lowest BCUT2D eigenvalue weighted by Crippen LogP contribution is -2.42. The van der Waals surface area contributed by atoms with Gasteiger partial charge in [-0.3, -0.25) is 4.79 Å². The molecule has 1 aromatic heterocycles. The van der Waals surface area contributed by atoms with Crippen LogP contribution in [0.25, 0.3) is 0 Å². The first-order valence-corrected chi connectivity index (χ1v) is 8.16. The normalized spacial score (nSPS) is 16.5. The van der Waals surface area contributed by atoms with Gasteiger partial charge in [0.25, 0.3) is 5.91 Å². The Morgan fingerprint density at radius 3 is 2.72 bits per heavy atom. The first kappa shape index (κ1) is 15.7. The molecular weight excluding hydrogens is 343 g/mol. The molecule has 1 aliphatic heterocycles. The minimum absolute atomic E-state index is 0.197. The van der Waals surface area contributed by atoms with E-state index >= 15 is 0 Å². The zero-order valence-corrected chi connectivity index (χ0v) is 13.8. The van der Waals surface area contributed by atoms with Crippen LogP contribution in [0.1, 0.15) is 27.8 Å². The first-order chi connectivity index (χ1) is 12.1. The highest BCUT2D eigenvalue weighted by Gasteiger charge is 2.35. The fraction of sp³-hybridized carbons (Fsp3) is 0.105. The summed E-state index contributed by atoms with van der Waals surface area (Å²) in [7, 11) is 0. The second-order valence-corrected chi connectivity index (χ2v) is 6.15. The Bertz CT molecular complexity index is 907. The molecule has 126 valence electrons. The standard InChI is InChI=1S/C19H14ClFN2O2/c20-14-7-3-8-15(21)17(14)18-22-16-9-2-1-6-13(16)19(24)23(18)11-12-5-4-10-25-12/h1-10,18,22H,11H2/t18-/m0/s1. The monoisotopic (exact) mass is 356 g/mol. The van der Waals surface area contributed by atoms with Crippen LogP contribution in [0.3, 0.4) is 0 Å². The van der Waals surface area contributed by atoms with Crippen LogP contribution in [0.2, 0.25) is 5.02 Å². The summed E-state index contributed by atoms with van der Waals surface area (Å²) in [5, 5.41) is 3.49. The lowest BCUT2D eigenvalue weighted by molar-refractivity contribution is 0.0648. The molecule has 3 aromatic rings. The van der Waals surface area contributed by atoms with E-state index in [0.717, 1.165) is 0 Å². The number of amides is 1. The number of hydrogen-bond donors (Lipinski definition) is 1. The third-order valence-electron chi connectivity index (χ3n) is 4.20. The van der Waals surface area contributed by atoms with Crippen molar-refractivity contribution in [2.24, 2.45) is 0 Å². The SMILES string of the molecule is O=C1c2ccccc2N[C@H](c2c(F)cccc2Cl)N1Cc1ccco1. The van der Waals surface area contributed by atoms with Crippen LogP contribution >= 0.6 is 11.6 Å². The van der Waals surface area contributed by atoms with Crippen molar-refractivity contribution in [3.05, 3.63) is 88.6 Å². The number of nitrogens with zero attached hydrogens (tertiary/aromatic N) is 1. The average molecular weight is 357 g/mol. The van der Waals surface area contributed by atoms with E-state index in [1.54, 1.807) is 36.4 Å². The molecule has 1 N–H and O–H groups in total. The Kier molecular flexibility index (Phi) is 3.93. The van der Waals surface area contributed by atoms with Gasteiger partial charge in [-0.2, -0.15) is 0 Å². The molecule has 0 saturated carbocycles. The third-order valence-corrected chi connectivity index (χ3v) is 4.53. The maximum Gasteiger partial charge on any atom is 0.258 e. The molecule has 2 heterocycles. The van der Waals surface area contributed by atoms with Gasteiger partial charge in [0.2, 0.25) is 0 Å². The highest BCUT2D eigenvalue weighted by Crippen LogP contribution is 2.37. The number of anilines is 1. The van der Waals surface area contributed by atoms with E-state index in [1.165, 1.54) is 23.3 Å². The summed E-state index contributed by atoms with van der Waals surface area (Å²) in [4.78, 5) is 14.5. The molecule has 25 heavy (non-hydrogen) atoms. The van der Waals surface area contributed by atoms with Crippen molar-refractivity contribution in [3.63, 3.8) is 0 Å². The van der Waals surface area contributed by atoms with Crippen LogP contribution in [-0.2, 0) is 6.54 Å². The third kappa shape index (κ3) is 2.76. The van der Waals surface area contributed by atoms with Crippen LogP contribution in [0, 0.1) is 5.82 Å². The van der Waals surface area contributed by atoms with Gasteiger partial charge < -0.3 is 14.6 Å². The number of halogens is 2. The highest BCUT2D eigenvalue weighted by atomic mass is 35.5. The van der Waals surface area contributed by atoms with E-state index in [4.69, 9.17) is 16.0 Å². The van der Waals surface area contributed by atoms with Gasteiger partial charge in [0.1, 0.15) is 17.7 Å². The summed E-state index contributed by atoms with van der Waals surface area (Å²) in [6.45, 7) is 0.197. The Labute approximate surface area is 148 Å². The predicted molar refractivity (Wildman–Crippen MR) is 92.8 cm³/mol. The molecule has 1 atom stereocenters. The summed E-state index contributed by atoms with van der Waals surface area (Å²) < 4.78 is 19.9. The zero-order valence-electron chi connectivity index (χ0n) is 13.1. The summed E-state index contributed by atoms with van der Waals surface area (Å²) >= 11 is 6.24. The van der Waals surface area contributed by atoms with Gasteiger partial charge in [-0.1, -0.05) is 29.8 Å². The minimum atomic E-state index is -0.735. The quantitative estimate of drug-likeness (QED) is 0.730. The first-order valence-electron chi connectivity index (χ1n) is 7.78. The second-order valence-electron chi connectivity index (χ2n) is 5.74. The van der Waals surface area contributed by atoms with Crippen molar-refractivity contribution < 1.29 is 13.6 Å². The topological polar surface area (TPSA) is 45.5 Å². The molecule has 0 radical (unpaired) electrons. The van der Waals surface area contributed by atoms with E-state index in [-0.39, 0.29) is 23.0 Å². The number of hydrogen-bond acceptors (Lipinski definition) is 3. The van der Waals surface area contributed by atoms with Crippen molar-refractivity contribution in [3.8, 4) is 0 Å². The van der Waals surface area contributed by atoms with Crippen LogP contribution < -0.4 is 5.32 Å². The highest BCUT2D eigenvalue weighted by molar-refractivity contribution is 6.31. The lowest BCUT2D eigenvalue weighted by Gasteiger charge is -2.38. The number of benzene rings is 2. The molecule has 4 rings (SSSR count).